The number of amides is 1. The van der Waals surface area contributed by atoms with E-state index in [1.54, 1.807) is 20.3 Å². The molecule has 29 heavy (non-hydrogen) atoms. The lowest BCUT2D eigenvalue weighted by Gasteiger charge is -2.13. The molecular weight excluding hydrogens is 481 g/mol. The van der Waals surface area contributed by atoms with Gasteiger partial charge in [0.1, 0.15) is 0 Å². The number of ether oxygens (including phenoxy) is 1. The molecule has 0 aliphatic heterocycles. The van der Waals surface area contributed by atoms with Crippen molar-refractivity contribution in [3.05, 3.63) is 59.3 Å². The first-order valence-corrected chi connectivity index (χ1v) is 9.39. The molecule has 0 spiro atoms. The van der Waals surface area contributed by atoms with Crippen molar-refractivity contribution >= 4 is 35.8 Å². The largest absolute Gasteiger partial charge is 0.475 e. The fraction of sp³-hybridized carbons (Fsp3) is 0.381. The molecule has 1 heterocycles. The minimum Gasteiger partial charge on any atom is -0.475 e. The van der Waals surface area contributed by atoms with Gasteiger partial charge in [0, 0.05) is 45.0 Å². The topological polar surface area (TPSA) is 87.6 Å². The number of pyridine rings is 1. The fourth-order valence-electron chi connectivity index (χ4n) is 2.57. The monoisotopic (exact) mass is 511 g/mol. The number of aromatic nitrogens is 1. The highest BCUT2D eigenvalue weighted by Crippen LogP contribution is 2.09. The van der Waals surface area contributed by atoms with Crippen molar-refractivity contribution in [3.8, 4) is 5.88 Å². The van der Waals surface area contributed by atoms with Crippen LogP contribution in [0.1, 0.15) is 35.3 Å². The fourth-order valence-corrected chi connectivity index (χ4v) is 2.57. The van der Waals surface area contributed by atoms with Crippen molar-refractivity contribution in [2.75, 3.05) is 20.6 Å². The molecule has 0 bridgehead atoms. The number of hydrogen-bond donors (Lipinski definition) is 3. The van der Waals surface area contributed by atoms with E-state index in [0.717, 1.165) is 17.5 Å². The molecule has 2 rings (SSSR count). The minimum absolute atomic E-state index is 0. The summed E-state index contributed by atoms with van der Waals surface area (Å²) in [5.41, 5.74) is 2.80. The van der Waals surface area contributed by atoms with Gasteiger partial charge >= 0.3 is 0 Å². The third-order valence-electron chi connectivity index (χ3n) is 3.96. The first-order valence-electron chi connectivity index (χ1n) is 9.39. The SMILES string of the molecule is CN=C(NCCc1cccc(C(=O)NC)c1)NCc1ccc(OC(C)C)nc1.I. The van der Waals surface area contributed by atoms with Gasteiger partial charge in [-0.3, -0.25) is 9.79 Å². The van der Waals surface area contributed by atoms with Crippen LogP contribution in [0.5, 0.6) is 5.88 Å². The maximum atomic E-state index is 11.7. The van der Waals surface area contributed by atoms with E-state index >= 15 is 0 Å². The van der Waals surface area contributed by atoms with Gasteiger partial charge in [0.25, 0.3) is 5.91 Å². The molecule has 3 N–H and O–H groups in total. The number of nitrogens with zero attached hydrogens (tertiary/aromatic N) is 2. The third kappa shape index (κ3) is 8.68. The smallest absolute Gasteiger partial charge is 0.251 e. The van der Waals surface area contributed by atoms with Gasteiger partial charge in [-0.15, -0.1) is 24.0 Å². The van der Waals surface area contributed by atoms with Crippen LogP contribution in [-0.2, 0) is 13.0 Å². The Morgan fingerprint density at radius 3 is 2.59 bits per heavy atom. The normalized spacial score (nSPS) is 10.9. The van der Waals surface area contributed by atoms with Crippen LogP contribution in [0.3, 0.4) is 0 Å². The van der Waals surface area contributed by atoms with Crippen molar-refractivity contribution < 1.29 is 9.53 Å². The molecule has 0 radical (unpaired) electrons. The Labute approximate surface area is 189 Å². The molecule has 158 valence electrons. The van der Waals surface area contributed by atoms with E-state index in [0.29, 0.717) is 30.5 Å². The second-order valence-corrected chi connectivity index (χ2v) is 6.55. The number of carbonyl (C=O) groups excluding carboxylic acids is 1. The second-order valence-electron chi connectivity index (χ2n) is 6.55. The Balaban J connectivity index is 0.00000420. The number of halogens is 1. The van der Waals surface area contributed by atoms with Crippen LogP contribution >= 0.6 is 24.0 Å². The van der Waals surface area contributed by atoms with Crippen molar-refractivity contribution in [2.45, 2.75) is 32.9 Å². The molecule has 8 heteroatoms. The van der Waals surface area contributed by atoms with E-state index in [-0.39, 0.29) is 36.0 Å². The Kier molecular flexibility index (Phi) is 11.0. The van der Waals surface area contributed by atoms with E-state index in [1.807, 2.05) is 50.2 Å². The average Bonchev–Trinajstić information content (AvgIpc) is 2.70. The summed E-state index contributed by atoms with van der Waals surface area (Å²) in [4.78, 5) is 20.3. The van der Waals surface area contributed by atoms with Crippen LogP contribution in [-0.4, -0.2) is 43.6 Å². The summed E-state index contributed by atoms with van der Waals surface area (Å²) in [6.45, 7) is 5.26. The number of hydrogen-bond acceptors (Lipinski definition) is 4. The standard InChI is InChI=1S/C21H29N5O2.HI/c1-15(2)28-19-9-8-17(13-25-19)14-26-21(23-4)24-11-10-16-6-5-7-18(12-16)20(27)22-3;/h5-9,12-13,15H,10-11,14H2,1-4H3,(H,22,27)(H2,23,24,26);1H. The molecule has 0 aliphatic carbocycles. The summed E-state index contributed by atoms with van der Waals surface area (Å²) in [6.07, 6.45) is 2.69. The number of aliphatic imine (C=N–C) groups is 1. The van der Waals surface area contributed by atoms with E-state index in [4.69, 9.17) is 4.74 Å². The summed E-state index contributed by atoms with van der Waals surface area (Å²) >= 11 is 0. The molecule has 0 fully saturated rings. The molecule has 7 nitrogen and oxygen atoms in total. The second kappa shape index (κ2) is 13.0. The Bertz CT molecular complexity index is 794. The maximum absolute atomic E-state index is 11.7. The van der Waals surface area contributed by atoms with Crippen LogP contribution in [0.2, 0.25) is 0 Å². The lowest BCUT2D eigenvalue weighted by atomic mass is 10.1. The summed E-state index contributed by atoms with van der Waals surface area (Å²) in [5.74, 6) is 1.26. The molecule has 0 saturated heterocycles. The molecule has 0 aliphatic rings. The predicted molar refractivity (Wildman–Crippen MR) is 127 cm³/mol. The summed E-state index contributed by atoms with van der Waals surface area (Å²) in [5, 5.41) is 9.19. The van der Waals surface area contributed by atoms with Crippen molar-refractivity contribution in [1.82, 2.24) is 20.9 Å². The summed E-state index contributed by atoms with van der Waals surface area (Å²) in [7, 11) is 3.37. The van der Waals surface area contributed by atoms with Gasteiger partial charge in [-0.05, 0) is 43.5 Å². The lowest BCUT2D eigenvalue weighted by Crippen LogP contribution is -2.37. The van der Waals surface area contributed by atoms with Crippen molar-refractivity contribution in [3.63, 3.8) is 0 Å². The number of nitrogens with one attached hydrogen (secondary N) is 3. The Hall–Kier alpha value is -2.36. The van der Waals surface area contributed by atoms with Crippen LogP contribution in [0, 0.1) is 0 Å². The number of carbonyl (C=O) groups is 1. The van der Waals surface area contributed by atoms with Gasteiger partial charge in [-0.25, -0.2) is 4.98 Å². The Morgan fingerprint density at radius 2 is 1.97 bits per heavy atom. The van der Waals surface area contributed by atoms with E-state index in [9.17, 15) is 4.79 Å². The van der Waals surface area contributed by atoms with Gasteiger partial charge in [-0.2, -0.15) is 0 Å². The van der Waals surface area contributed by atoms with Gasteiger partial charge in [0.15, 0.2) is 5.96 Å². The van der Waals surface area contributed by atoms with Crippen LogP contribution in [0.25, 0.3) is 0 Å². The van der Waals surface area contributed by atoms with E-state index in [1.165, 1.54) is 0 Å². The third-order valence-corrected chi connectivity index (χ3v) is 3.96. The lowest BCUT2D eigenvalue weighted by molar-refractivity contribution is 0.0963. The molecule has 1 amide bonds. The highest BCUT2D eigenvalue weighted by atomic mass is 127. The molecule has 2 aromatic rings. The van der Waals surface area contributed by atoms with Gasteiger partial charge < -0.3 is 20.7 Å². The number of guanidine groups is 1. The van der Waals surface area contributed by atoms with Crippen LogP contribution in [0.4, 0.5) is 0 Å². The maximum Gasteiger partial charge on any atom is 0.251 e. The van der Waals surface area contributed by atoms with Crippen molar-refractivity contribution in [2.24, 2.45) is 4.99 Å². The van der Waals surface area contributed by atoms with E-state index in [2.05, 4.69) is 25.9 Å². The first kappa shape index (κ1) is 24.7. The summed E-state index contributed by atoms with van der Waals surface area (Å²) in [6, 6.07) is 11.5. The predicted octanol–water partition coefficient (Wildman–Crippen LogP) is 2.75. The highest BCUT2D eigenvalue weighted by molar-refractivity contribution is 14.0. The van der Waals surface area contributed by atoms with Gasteiger partial charge in [-0.1, -0.05) is 18.2 Å². The quantitative estimate of drug-likeness (QED) is 0.288. The molecule has 1 aromatic heterocycles. The first-order chi connectivity index (χ1) is 13.5. The Morgan fingerprint density at radius 1 is 1.17 bits per heavy atom. The van der Waals surface area contributed by atoms with Gasteiger partial charge in [0.2, 0.25) is 5.88 Å². The average molecular weight is 511 g/mol. The molecule has 0 saturated carbocycles. The zero-order valence-corrected chi connectivity index (χ0v) is 19.7. The number of benzene rings is 1. The highest BCUT2D eigenvalue weighted by Gasteiger charge is 2.05. The molecular formula is C21H30IN5O2. The molecule has 1 aromatic carbocycles. The van der Waals surface area contributed by atoms with Crippen LogP contribution in [0.15, 0.2) is 47.6 Å². The van der Waals surface area contributed by atoms with Crippen molar-refractivity contribution in [1.29, 1.82) is 0 Å². The zero-order valence-electron chi connectivity index (χ0n) is 17.4. The molecule has 0 unspecified atom stereocenters. The minimum atomic E-state index is -0.0780. The number of rotatable bonds is 8. The van der Waals surface area contributed by atoms with E-state index < -0.39 is 0 Å². The van der Waals surface area contributed by atoms with Crippen LogP contribution < -0.4 is 20.7 Å². The molecule has 0 atom stereocenters. The summed E-state index contributed by atoms with van der Waals surface area (Å²) < 4.78 is 5.55. The van der Waals surface area contributed by atoms with Gasteiger partial charge in [0.05, 0.1) is 6.10 Å². The zero-order chi connectivity index (χ0) is 20.4.